The van der Waals surface area contributed by atoms with Gasteiger partial charge in [0.25, 0.3) is 0 Å². The van der Waals surface area contributed by atoms with Crippen molar-refractivity contribution in [1.82, 2.24) is 0 Å². The Morgan fingerprint density at radius 2 is 2.05 bits per heavy atom. The summed E-state index contributed by atoms with van der Waals surface area (Å²) in [6.45, 7) is 0. The molecule has 0 aliphatic carbocycles. The van der Waals surface area contributed by atoms with Crippen LogP contribution in [-0.4, -0.2) is 19.1 Å². The fourth-order valence-electron chi connectivity index (χ4n) is 3.05. The van der Waals surface area contributed by atoms with Crippen molar-refractivity contribution < 1.29 is 9.53 Å². The molecule has 0 aromatic heterocycles. The van der Waals surface area contributed by atoms with Gasteiger partial charge in [-0.3, -0.25) is 4.79 Å². The number of anilines is 3. The van der Waals surface area contributed by atoms with Gasteiger partial charge < -0.3 is 15.0 Å². The van der Waals surface area contributed by atoms with Gasteiger partial charge in [-0.15, -0.1) is 0 Å². The number of carbonyl (C=O) groups is 1. The minimum absolute atomic E-state index is 0.0545. The molecule has 20 heavy (non-hydrogen) atoms. The standard InChI is InChI=1S/C16H14N2O2/c1-20-11-6-7-12-14(9-11)18-13-5-3-2-4-10(13)8-15(18)16(19)17-12/h2-7,9,15H,8H2,1H3,(H,17,19). The Bertz CT molecular complexity index is 711. The van der Waals surface area contributed by atoms with Crippen molar-refractivity contribution in [1.29, 1.82) is 0 Å². The van der Waals surface area contributed by atoms with E-state index in [-0.39, 0.29) is 11.9 Å². The monoisotopic (exact) mass is 266 g/mol. The third kappa shape index (κ3) is 1.45. The van der Waals surface area contributed by atoms with E-state index in [0.717, 1.165) is 29.2 Å². The number of amides is 1. The van der Waals surface area contributed by atoms with Gasteiger partial charge in [-0.1, -0.05) is 18.2 Å². The first-order valence-corrected chi connectivity index (χ1v) is 6.64. The zero-order valence-electron chi connectivity index (χ0n) is 11.1. The molecular weight excluding hydrogens is 252 g/mol. The summed E-state index contributed by atoms with van der Waals surface area (Å²) in [5.74, 6) is 0.849. The largest absolute Gasteiger partial charge is 0.497 e. The molecule has 2 aliphatic rings. The lowest BCUT2D eigenvalue weighted by Gasteiger charge is -2.33. The van der Waals surface area contributed by atoms with Crippen LogP contribution in [0.4, 0.5) is 17.1 Å². The lowest BCUT2D eigenvalue weighted by Crippen LogP contribution is -2.43. The minimum Gasteiger partial charge on any atom is -0.497 e. The Labute approximate surface area is 117 Å². The first-order valence-electron chi connectivity index (χ1n) is 6.64. The minimum atomic E-state index is -0.160. The van der Waals surface area contributed by atoms with E-state index >= 15 is 0 Å². The van der Waals surface area contributed by atoms with Crippen LogP contribution in [0.3, 0.4) is 0 Å². The van der Waals surface area contributed by atoms with Crippen LogP contribution in [0.5, 0.6) is 5.75 Å². The Morgan fingerprint density at radius 3 is 2.90 bits per heavy atom. The fourth-order valence-corrected chi connectivity index (χ4v) is 3.05. The number of nitrogens with one attached hydrogen (secondary N) is 1. The molecule has 2 aromatic rings. The SMILES string of the molecule is COc1ccc2c(c1)N1c3ccccc3CC1C(=O)N2. The molecule has 100 valence electrons. The van der Waals surface area contributed by atoms with Crippen molar-refractivity contribution in [2.75, 3.05) is 17.3 Å². The van der Waals surface area contributed by atoms with Crippen LogP contribution < -0.4 is 15.0 Å². The average Bonchev–Trinajstić information content (AvgIpc) is 2.87. The number of fused-ring (bicyclic) bond motifs is 5. The number of ether oxygens (including phenoxy) is 1. The molecule has 0 saturated carbocycles. The second-order valence-corrected chi connectivity index (χ2v) is 5.09. The molecule has 1 unspecified atom stereocenters. The average molecular weight is 266 g/mol. The summed E-state index contributed by atoms with van der Waals surface area (Å²) in [5, 5.41) is 2.98. The molecule has 2 aromatic carbocycles. The van der Waals surface area contributed by atoms with Crippen molar-refractivity contribution in [2.24, 2.45) is 0 Å². The van der Waals surface area contributed by atoms with Crippen LogP contribution in [-0.2, 0) is 11.2 Å². The summed E-state index contributed by atoms with van der Waals surface area (Å²) in [5.41, 5.74) is 4.16. The van der Waals surface area contributed by atoms with Crippen LogP contribution in [0.1, 0.15) is 5.56 Å². The van der Waals surface area contributed by atoms with E-state index < -0.39 is 0 Å². The molecule has 0 radical (unpaired) electrons. The van der Waals surface area contributed by atoms with Crippen LogP contribution in [0.15, 0.2) is 42.5 Å². The first kappa shape index (κ1) is 11.3. The highest BCUT2D eigenvalue weighted by Crippen LogP contribution is 2.45. The quantitative estimate of drug-likeness (QED) is 0.863. The Morgan fingerprint density at radius 1 is 1.20 bits per heavy atom. The summed E-state index contributed by atoms with van der Waals surface area (Å²) in [6.07, 6.45) is 0.749. The van der Waals surface area contributed by atoms with E-state index in [0.29, 0.717) is 0 Å². The number of para-hydroxylation sites is 1. The van der Waals surface area contributed by atoms with Crippen LogP contribution in [0, 0.1) is 0 Å². The molecule has 0 saturated heterocycles. The van der Waals surface area contributed by atoms with Crippen LogP contribution in [0.25, 0.3) is 0 Å². The topological polar surface area (TPSA) is 41.6 Å². The highest BCUT2D eigenvalue weighted by atomic mass is 16.5. The summed E-state index contributed by atoms with van der Waals surface area (Å²) in [6, 6.07) is 13.7. The number of nitrogens with zero attached hydrogens (tertiary/aromatic N) is 1. The molecule has 0 spiro atoms. The molecule has 2 heterocycles. The zero-order valence-corrected chi connectivity index (χ0v) is 11.1. The highest BCUT2D eigenvalue weighted by Gasteiger charge is 2.39. The highest BCUT2D eigenvalue weighted by molar-refractivity contribution is 6.07. The van der Waals surface area contributed by atoms with E-state index in [2.05, 4.69) is 22.3 Å². The van der Waals surface area contributed by atoms with Gasteiger partial charge in [-0.25, -0.2) is 0 Å². The predicted octanol–water partition coefficient (Wildman–Crippen LogP) is 2.71. The van der Waals surface area contributed by atoms with Gasteiger partial charge in [-0.05, 0) is 23.8 Å². The zero-order chi connectivity index (χ0) is 13.7. The summed E-state index contributed by atoms with van der Waals surface area (Å²) < 4.78 is 5.30. The molecule has 1 amide bonds. The van der Waals surface area contributed by atoms with Crippen molar-refractivity contribution in [3.63, 3.8) is 0 Å². The molecule has 4 rings (SSSR count). The fraction of sp³-hybridized carbons (Fsp3) is 0.188. The summed E-state index contributed by atoms with van der Waals surface area (Å²) >= 11 is 0. The Balaban J connectivity index is 1.93. The second kappa shape index (κ2) is 4.00. The summed E-state index contributed by atoms with van der Waals surface area (Å²) in [4.78, 5) is 14.4. The number of methoxy groups -OCH3 is 1. The Hall–Kier alpha value is -2.49. The van der Waals surface area contributed by atoms with Gasteiger partial charge >= 0.3 is 0 Å². The molecular formula is C16H14N2O2. The lowest BCUT2D eigenvalue weighted by atomic mass is 10.1. The molecule has 4 nitrogen and oxygen atoms in total. The normalized spacial score (nSPS) is 18.9. The van der Waals surface area contributed by atoms with Crippen molar-refractivity contribution in [3.05, 3.63) is 48.0 Å². The maximum atomic E-state index is 12.3. The maximum absolute atomic E-state index is 12.3. The Kier molecular flexibility index (Phi) is 2.27. The molecule has 2 aliphatic heterocycles. The predicted molar refractivity (Wildman–Crippen MR) is 77.7 cm³/mol. The van der Waals surface area contributed by atoms with E-state index in [1.807, 2.05) is 30.3 Å². The van der Waals surface area contributed by atoms with E-state index in [1.165, 1.54) is 5.56 Å². The van der Waals surface area contributed by atoms with Crippen LogP contribution >= 0.6 is 0 Å². The second-order valence-electron chi connectivity index (χ2n) is 5.09. The van der Waals surface area contributed by atoms with Crippen molar-refractivity contribution in [2.45, 2.75) is 12.5 Å². The van der Waals surface area contributed by atoms with Gasteiger partial charge in [0.15, 0.2) is 0 Å². The van der Waals surface area contributed by atoms with Gasteiger partial charge in [0.1, 0.15) is 11.8 Å². The third-order valence-electron chi connectivity index (χ3n) is 4.00. The number of rotatable bonds is 1. The van der Waals surface area contributed by atoms with E-state index in [4.69, 9.17) is 4.74 Å². The van der Waals surface area contributed by atoms with Gasteiger partial charge in [0, 0.05) is 18.2 Å². The molecule has 4 heteroatoms. The van der Waals surface area contributed by atoms with Crippen molar-refractivity contribution in [3.8, 4) is 5.75 Å². The summed E-state index contributed by atoms with van der Waals surface area (Å²) in [7, 11) is 1.65. The molecule has 1 atom stereocenters. The van der Waals surface area contributed by atoms with E-state index in [1.54, 1.807) is 7.11 Å². The van der Waals surface area contributed by atoms with E-state index in [9.17, 15) is 4.79 Å². The number of hydrogen-bond donors (Lipinski definition) is 1. The van der Waals surface area contributed by atoms with Gasteiger partial charge in [-0.2, -0.15) is 0 Å². The number of hydrogen-bond acceptors (Lipinski definition) is 3. The smallest absolute Gasteiger partial charge is 0.247 e. The van der Waals surface area contributed by atoms with Crippen molar-refractivity contribution >= 4 is 23.0 Å². The first-order chi connectivity index (χ1) is 9.78. The third-order valence-corrected chi connectivity index (χ3v) is 4.00. The van der Waals surface area contributed by atoms with Gasteiger partial charge in [0.2, 0.25) is 5.91 Å². The maximum Gasteiger partial charge on any atom is 0.247 e. The number of benzene rings is 2. The van der Waals surface area contributed by atoms with Crippen LogP contribution in [0.2, 0.25) is 0 Å². The number of carbonyl (C=O) groups excluding carboxylic acids is 1. The van der Waals surface area contributed by atoms with Gasteiger partial charge in [0.05, 0.1) is 18.5 Å². The molecule has 0 fully saturated rings. The lowest BCUT2D eigenvalue weighted by molar-refractivity contribution is -0.117. The molecule has 0 bridgehead atoms. The molecule has 1 N–H and O–H groups in total.